The van der Waals surface area contributed by atoms with Crippen LogP contribution in [0.4, 0.5) is 17.1 Å². The lowest BCUT2D eigenvalue weighted by atomic mass is 10.2. The van der Waals surface area contributed by atoms with E-state index in [-0.39, 0.29) is 0 Å². The number of nitrogens with one attached hydrogen (secondary N) is 1. The third-order valence-electron chi connectivity index (χ3n) is 4.19. The Morgan fingerprint density at radius 2 is 0.933 bits per heavy atom. The molecule has 0 fully saturated rings. The highest BCUT2D eigenvalue weighted by atomic mass is 15.1. The first-order valence-electron chi connectivity index (χ1n) is 10.0. The smallest absolute Gasteiger partial charge is 0.0384 e. The average Bonchev–Trinajstić information content (AvgIpc) is 2.82. The van der Waals surface area contributed by atoms with E-state index in [1.54, 1.807) is 0 Å². The number of nitrogens with zero attached hydrogens (tertiary/aromatic N) is 1. The highest BCUT2D eigenvalue weighted by Crippen LogP contribution is 2.14. The molecule has 0 unspecified atom stereocenters. The lowest BCUT2D eigenvalue weighted by molar-refractivity contribution is 1.07. The molecule has 0 spiro atoms. The van der Waals surface area contributed by atoms with E-state index in [1.165, 1.54) is 11.3 Å². The minimum absolute atomic E-state index is 0.640. The normalized spacial score (nSPS) is 9.30. The van der Waals surface area contributed by atoms with Gasteiger partial charge in [-0.25, -0.2) is 0 Å². The number of anilines is 3. The van der Waals surface area contributed by atoms with Crippen LogP contribution < -0.4 is 16.0 Å². The summed E-state index contributed by atoms with van der Waals surface area (Å²) in [6, 6.07) is 40.5. The molecule has 0 saturated carbocycles. The van der Waals surface area contributed by atoms with E-state index in [9.17, 15) is 0 Å². The van der Waals surface area contributed by atoms with Gasteiger partial charge in [0.25, 0.3) is 0 Å². The highest BCUT2D eigenvalue weighted by molar-refractivity contribution is 5.58. The maximum Gasteiger partial charge on any atom is 0.0384 e. The summed E-state index contributed by atoms with van der Waals surface area (Å²) >= 11 is 0. The molecule has 4 rings (SSSR count). The van der Waals surface area contributed by atoms with Gasteiger partial charge < -0.3 is 16.0 Å². The van der Waals surface area contributed by atoms with Crippen LogP contribution in [0.2, 0.25) is 0 Å². The molecule has 0 aliphatic heterocycles. The van der Waals surface area contributed by atoms with Gasteiger partial charge in [0, 0.05) is 37.7 Å². The van der Waals surface area contributed by atoms with Crippen LogP contribution >= 0.6 is 0 Å². The van der Waals surface area contributed by atoms with Gasteiger partial charge in [0.15, 0.2) is 0 Å². The predicted molar refractivity (Wildman–Crippen MR) is 131 cm³/mol. The zero-order valence-electron chi connectivity index (χ0n) is 17.8. The number of benzene rings is 4. The molecule has 3 N–H and O–H groups in total. The SMILES string of the molecule is CN(C)c1ccccc1.NCc1ccccc1.c1ccc(Nc2ccccc2)cc1. The summed E-state index contributed by atoms with van der Waals surface area (Å²) in [7, 11) is 4.07. The standard InChI is InChI=1S/C12H11N.C8H11N.C7H9N/c1-3-7-11(8-4-1)13-12-9-5-2-6-10-12;1-9(2)8-6-4-3-5-7-8;8-6-7-4-2-1-3-5-7/h1-10,13H;3-7H,1-2H3;1-5H,6,8H2. The van der Waals surface area contributed by atoms with Crippen LogP contribution in [0.25, 0.3) is 0 Å². The fraction of sp³-hybridized carbons (Fsp3) is 0.111. The highest BCUT2D eigenvalue weighted by Gasteiger charge is 1.90. The molecule has 0 bridgehead atoms. The topological polar surface area (TPSA) is 41.3 Å². The van der Waals surface area contributed by atoms with Gasteiger partial charge in [-0.15, -0.1) is 0 Å². The van der Waals surface area contributed by atoms with Crippen LogP contribution in [-0.4, -0.2) is 14.1 Å². The molecular formula is C27H31N3. The number of rotatable bonds is 4. The molecule has 0 saturated heterocycles. The summed E-state index contributed by atoms with van der Waals surface area (Å²) in [5.74, 6) is 0. The Bertz CT molecular complexity index is 872. The molecule has 4 aromatic rings. The Labute approximate surface area is 180 Å². The van der Waals surface area contributed by atoms with Crippen LogP contribution in [0.5, 0.6) is 0 Å². The molecule has 154 valence electrons. The van der Waals surface area contributed by atoms with Crippen molar-refractivity contribution in [2.24, 2.45) is 5.73 Å². The summed E-state index contributed by atoms with van der Waals surface area (Å²) in [6.07, 6.45) is 0. The van der Waals surface area contributed by atoms with Crippen molar-refractivity contribution in [3.8, 4) is 0 Å². The van der Waals surface area contributed by atoms with Crippen molar-refractivity contribution in [3.63, 3.8) is 0 Å². The average molecular weight is 398 g/mol. The van der Waals surface area contributed by atoms with E-state index >= 15 is 0 Å². The molecule has 3 nitrogen and oxygen atoms in total. The number of para-hydroxylation sites is 3. The molecule has 0 atom stereocenters. The van der Waals surface area contributed by atoms with Crippen LogP contribution in [0.1, 0.15) is 5.56 Å². The number of hydrogen-bond acceptors (Lipinski definition) is 3. The van der Waals surface area contributed by atoms with Gasteiger partial charge in [-0.05, 0) is 42.0 Å². The summed E-state index contributed by atoms with van der Waals surface area (Å²) in [5, 5.41) is 3.30. The molecule has 0 heterocycles. The monoisotopic (exact) mass is 397 g/mol. The maximum absolute atomic E-state index is 5.35. The van der Waals surface area contributed by atoms with Gasteiger partial charge in [-0.1, -0.05) is 84.9 Å². The molecule has 3 heteroatoms. The largest absolute Gasteiger partial charge is 0.378 e. The van der Waals surface area contributed by atoms with Crippen molar-refractivity contribution in [2.75, 3.05) is 24.3 Å². The van der Waals surface area contributed by atoms with E-state index in [4.69, 9.17) is 5.73 Å². The van der Waals surface area contributed by atoms with Gasteiger partial charge in [0.2, 0.25) is 0 Å². The molecule has 0 radical (unpaired) electrons. The Hall–Kier alpha value is -3.56. The van der Waals surface area contributed by atoms with Gasteiger partial charge in [-0.3, -0.25) is 0 Å². The first kappa shape index (κ1) is 22.7. The minimum atomic E-state index is 0.640. The molecular weight excluding hydrogens is 366 g/mol. The molecule has 4 aromatic carbocycles. The Morgan fingerprint density at radius 3 is 1.23 bits per heavy atom. The van der Waals surface area contributed by atoms with Crippen LogP contribution in [0, 0.1) is 0 Å². The van der Waals surface area contributed by atoms with E-state index in [1.807, 2.05) is 123 Å². The van der Waals surface area contributed by atoms with Crippen molar-refractivity contribution in [3.05, 3.63) is 127 Å². The molecule has 0 aliphatic carbocycles. The zero-order valence-corrected chi connectivity index (χ0v) is 17.8. The fourth-order valence-electron chi connectivity index (χ4n) is 2.55. The third kappa shape index (κ3) is 9.09. The minimum Gasteiger partial charge on any atom is -0.378 e. The summed E-state index contributed by atoms with van der Waals surface area (Å²) < 4.78 is 0. The quantitative estimate of drug-likeness (QED) is 0.423. The summed E-state index contributed by atoms with van der Waals surface area (Å²) in [6.45, 7) is 0.640. The summed E-state index contributed by atoms with van der Waals surface area (Å²) in [4.78, 5) is 2.08. The van der Waals surface area contributed by atoms with Crippen molar-refractivity contribution in [1.29, 1.82) is 0 Å². The van der Waals surface area contributed by atoms with Crippen LogP contribution in [-0.2, 0) is 6.54 Å². The van der Waals surface area contributed by atoms with Gasteiger partial charge in [0.1, 0.15) is 0 Å². The second-order valence-corrected chi connectivity index (χ2v) is 6.78. The Morgan fingerprint density at radius 1 is 0.567 bits per heavy atom. The lowest BCUT2D eigenvalue weighted by Crippen LogP contribution is -2.07. The third-order valence-corrected chi connectivity index (χ3v) is 4.19. The van der Waals surface area contributed by atoms with Crippen LogP contribution in [0.3, 0.4) is 0 Å². The van der Waals surface area contributed by atoms with Crippen molar-refractivity contribution < 1.29 is 0 Å². The molecule has 0 amide bonds. The number of nitrogens with two attached hydrogens (primary N) is 1. The van der Waals surface area contributed by atoms with E-state index in [2.05, 4.69) is 22.3 Å². The fourth-order valence-corrected chi connectivity index (χ4v) is 2.55. The first-order valence-corrected chi connectivity index (χ1v) is 10.0. The lowest BCUT2D eigenvalue weighted by Gasteiger charge is -2.10. The maximum atomic E-state index is 5.35. The molecule has 0 aromatic heterocycles. The molecule has 30 heavy (non-hydrogen) atoms. The number of hydrogen-bond donors (Lipinski definition) is 2. The van der Waals surface area contributed by atoms with Crippen molar-refractivity contribution >= 4 is 17.1 Å². The van der Waals surface area contributed by atoms with E-state index < -0.39 is 0 Å². The van der Waals surface area contributed by atoms with E-state index in [0.29, 0.717) is 6.54 Å². The van der Waals surface area contributed by atoms with Crippen molar-refractivity contribution in [1.82, 2.24) is 0 Å². The van der Waals surface area contributed by atoms with Crippen LogP contribution in [0.15, 0.2) is 121 Å². The second kappa shape index (κ2) is 13.6. The second-order valence-electron chi connectivity index (χ2n) is 6.78. The predicted octanol–water partition coefficient (Wildman–Crippen LogP) is 6.33. The molecule has 0 aliphatic rings. The van der Waals surface area contributed by atoms with Crippen molar-refractivity contribution in [2.45, 2.75) is 6.54 Å². The Balaban J connectivity index is 0.000000167. The zero-order chi connectivity index (χ0) is 21.4. The van der Waals surface area contributed by atoms with Gasteiger partial charge >= 0.3 is 0 Å². The first-order chi connectivity index (χ1) is 14.7. The summed E-state index contributed by atoms with van der Waals surface area (Å²) in [5.41, 5.74) is 10.0. The van der Waals surface area contributed by atoms with Gasteiger partial charge in [-0.2, -0.15) is 0 Å². The Kier molecular flexibility index (Phi) is 10.3. The van der Waals surface area contributed by atoms with E-state index in [0.717, 1.165) is 11.4 Å². The van der Waals surface area contributed by atoms with Gasteiger partial charge in [0.05, 0.1) is 0 Å².